The van der Waals surface area contributed by atoms with Gasteiger partial charge in [0.25, 0.3) is 5.91 Å². The van der Waals surface area contributed by atoms with Crippen LogP contribution >= 0.6 is 0 Å². The number of hydrogen-bond acceptors (Lipinski definition) is 6. The molecule has 0 aromatic heterocycles. The van der Waals surface area contributed by atoms with Gasteiger partial charge in [0.05, 0.1) is 12.1 Å². The summed E-state index contributed by atoms with van der Waals surface area (Å²) in [4.78, 5) is 80.9. The molecule has 0 aromatic carbocycles. The number of carbonyl (C=O) groups excluding carboxylic acids is 6. The topological polar surface area (TPSA) is 154 Å². The molecule has 5 amide bonds. The summed E-state index contributed by atoms with van der Waals surface area (Å²) in [6.45, 7) is 17.9. The number of amides is 5. The van der Waals surface area contributed by atoms with Gasteiger partial charge in [-0.2, -0.15) is 0 Å². The van der Waals surface area contributed by atoms with Crippen LogP contribution in [0.15, 0.2) is 0 Å². The highest BCUT2D eigenvalue weighted by molar-refractivity contribution is 6.38. The molecular formula is C32H53N5O6. The number of nitrogens with zero attached hydrogens (tertiary/aromatic N) is 1. The summed E-state index contributed by atoms with van der Waals surface area (Å²) in [7, 11) is 0. The van der Waals surface area contributed by atoms with Crippen LogP contribution in [0.5, 0.6) is 0 Å². The number of rotatable bonds is 14. The molecule has 1 unspecified atom stereocenters. The zero-order valence-electron chi connectivity index (χ0n) is 27.5. The van der Waals surface area contributed by atoms with Crippen molar-refractivity contribution in [2.75, 3.05) is 13.1 Å². The van der Waals surface area contributed by atoms with Gasteiger partial charge in [-0.05, 0) is 54.3 Å². The van der Waals surface area contributed by atoms with E-state index in [1.807, 2.05) is 48.5 Å². The first-order valence-corrected chi connectivity index (χ1v) is 16.0. The molecule has 3 rings (SSSR count). The SMILES string of the molecule is CCCNC(=O)C(=O)C(CCC)NC(=O)[C@@H]1[C@@H]2[C@H](CN1C(=O)[C@@H](NC(=O)N[C@H](C(=O)C1CC1)C(C)C)C(C)(C)C)C2(C)C. The molecule has 3 aliphatic rings. The molecule has 11 nitrogen and oxygen atoms in total. The second-order valence-corrected chi connectivity index (χ2v) is 14.7. The van der Waals surface area contributed by atoms with Crippen molar-refractivity contribution in [1.82, 2.24) is 26.2 Å². The zero-order valence-corrected chi connectivity index (χ0v) is 27.5. The van der Waals surface area contributed by atoms with Gasteiger partial charge in [0, 0.05) is 19.0 Å². The summed E-state index contributed by atoms with van der Waals surface area (Å²) in [6, 6.07) is -4.05. The van der Waals surface area contributed by atoms with E-state index in [4.69, 9.17) is 0 Å². The summed E-state index contributed by atoms with van der Waals surface area (Å²) < 4.78 is 0. The van der Waals surface area contributed by atoms with Crippen molar-refractivity contribution >= 4 is 35.3 Å². The monoisotopic (exact) mass is 603 g/mol. The first-order valence-electron chi connectivity index (χ1n) is 16.0. The summed E-state index contributed by atoms with van der Waals surface area (Å²) >= 11 is 0. The van der Waals surface area contributed by atoms with E-state index >= 15 is 0 Å². The standard InChI is InChI=1S/C32H53N5O6/c1-10-12-20(25(39)28(41)33-15-11-2)34-27(40)23-21-19(32(21,8)9)16-37(23)29(42)26(31(5,6)7)36-30(43)35-22(17(3)4)24(38)18-13-14-18/h17-23,26H,10-16H2,1-9H3,(H,33,41)(H,34,40)(H2,35,36,43)/t19-,20?,21-,22-,23-,26+/m0/s1. The van der Waals surface area contributed by atoms with Crippen LogP contribution in [-0.4, -0.2) is 77.5 Å². The van der Waals surface area contributed by atoms with E-state index in [2.05, 4.69) is 35.1 Å². The highest BCUT2D eigenvalue weighted by Crippen LogP contribution is 2.65. The lowest BCUT2D eigenvalue weighted by atomic mass is 9.85. The molecule has 3 fully saturated rings. The Labute approximate surface area is 256 Å². The van der Waals surface area contributed by atoms with Crippen LogP contribution in [0.2, 0.25) is 0 Å². The summed E-state index contributed by atoms with van der Waals surface area (Å²) in [5.41, 5.74) is -0.874. The fourth-order valence-electron chi connectivity index (χ4n) is 6.43. The van der Waals surface area contributed by atoms with E-state index in [1.165, 1.54) is 4.90 Å². The Kier molecular flexibility index (Phi) is 10.7. The van der Waals surface area contributed by atoms with E-state index in [-0.39, 0.29) is 40.8 Å². The number of urea groups is 1. The lowest BCUT2D eigenvalue weighted by Gasteiger charge is -2.38. The molecule has 2 saturated carbocycles. The summed E-state index contributed by atoms with van der Waals surface area (Å²) in [5, 5.41) is 11.0. The van der Waals surface area contributed by atoms with Gasteiger partial charge in [0.1, 0.15) is 12.1 Å². The average Bonchev–Trinajstić information content (AvgIpc) is 3.80. The fraction of sp³-hybridized carbons (Fsp3) is 0.812. The van der Waals surface area contributed by atoms with Crippen molar-refractivity contribution in [3.8, 4) is 0 Å². The fourth-order valence-corrected chi connectivity index (χ4v) is 6.43. The van der Waals surface area contributed by atoms with Crippen LogP contribution in [-0.2, 0) is 24.0 Å². The molecule has 0 aromatic rings. The lowest BCUT2D eigenvalue weighted by Crippen LogP contribution is -2.62. The lowest BCUT2D eigenvalue weighted by molar-refractivity contribution is -0.145. The Morgan fingerprint density at radius 3 is 2.07 bits per heavy atom. The second-order valence-electron chi connectivity index (χ2n) is 14.7. The van der Waals surface area contributed by atoms with E-state index < -0.39 is 53.2 Å². The van der Waals surface area contributed by atoms with Crippen LogP contribution in [0.25, 0.3) is 0 Å². The van der Waals surface area contributed by atoms with Gasteiger partial charge < -0.3 is 26.2 Å². The third-order valence-electron chi connectivity index (χ3n) is 9.36. The molecule has 43 heavy (non-hydrogen) atoms. The van der Waals surface area contributed by atoms with Crippen LogP contribution < -0.4 is 21.3 Å². The van der Waals surface area contributed by atoms with Gasteiger partial charge in [-0.1, -0.05) is 68.7 Å². The minimum atomic E-state index is -0.994. The van der Waals surface area contributed by atoms with Gasteiger partial charge in [-0.15, -0.1) is 0 Å². The van der Waals surface area contributed by atoms with Gasteiger partial charge in [0.2, 0.25) is 17.6 Å². The molecular weight excluding hydrogens is 550 g/mol. The predicted octanol–water partition coefficient (Wildman–Crippen LogP) is 2.57. The maximum atomic E-state index is 14.2. The van der Waals surface area contributed by atoms with Crippen LogP contribution in [0.4, 0.5) is 4.79 Å². The molecule has 1 heterocycles. The van der Waals surface area contributed by atoms with E-state index in [0.717, 1.165) is 12.8 Å². The number of Topliss-reactive ketones (excluding diaryl/α,β-unsaturated/α-hetero) is 2. The van der Waals surface area contributed by atoms with Crippen molar-refractivity contribution in [3.63, 3.8) is 0 Å². The Bertz CT molecular complexity index is 1110. The van der Waals surface area contributed by atoms with E-state index in [1.54, 1.807) is 0 Å². The molecule has 0 spiro atoms. The highest BCUT2D eigenvalue weighted by atomic mass is 16.2. The highest BCUT2D eigenvalue weighted by Gasteiger charge is 2.70. The van der Waals surface area contributed by atoms with Gasteiger partial charge >= 0.3 is 6.03 Å². The molecule has 11 heteroatoms. The number of carbonyl (C=O) groups is 6. The van der Waals surface area contributed by atoms with Gasteiger partial charge in [-0.25, -0.2) is 4.79 Å². The minimum absolute atomic E-state index is 0.0157. The van der Waals surface area contributed by atoms with Crippen molar-refractivity contribution in [2.45, 2.75) is 119 Å². The first-order chi connectivity index (χ1) is 20.0. The first kappa shape index (κ1) is 34.5. The number of likely N-dealkylation sites (tertiary alicyclic amines) is 1. The number of ketones is 2. The number of hydrogen-bond donors (Lipinski definition) is 4. The minimum Gasteiger partial charge on any atom is -0.349 e. The molecule has 4 N–H and O–H groups in total. The second kappa shape index (κ2) is 13.3. The quantitative estimate of drug-likeness (QED) is 0.224. The summed E-state index contributed by atoms with van der Waals surface area (Å²) in [6.07, 6.45) is 3.22. The predicted molar refractivity (Wildman–Crippen MR) is 163 cm³/mol. The molecule has 2 aliphatic carbocycles. The van der Waals surface area contributed by atoms with E-state index in [0.29, 0.717) is 32.4 Å². The number of fused-ring (bicyclic) bond motifs is 1. The Morgan fingerprint density at radius 1 is 0.930 bits per heavy atom. The van der Waals surface area contributed by atoms with Crippen LogP contribution in [0, 0.1) is 34.5 Å². The average molecular weight is 604 g/mol. The normalized spacial score (nSPS) is 24.3. The maximum Gasteiger partial charge on any atom is 0.316 e. The van der Waals surface area contributed by atoms with Gasteiger partial charge in [-0.3, -0.25) is 24.0 Å². The van der Waals surface area contributed by atoms with Crippen LogP contribution in [0.1, 0.15) is 94.4 Å². The van der Waals surface area contributed by atoms with Crippen molar-refractivity contribution in [2.24, 2.45) is 34.5 Å². The molecule has 6 atom stereocenters. The summed E-state index contributed by atoms with van der Waals surface area (Å²) in [5.74, 6) is -2.41. The molecule has 242 valence electrons. The van der Waals surface area contributed by atoms with Crippen LogP contribution in [0.3, 0.4) is 0 Å². The smallest absolute Gasteiger partial charge is 0.316 e. The number of piperidine rings is 1. The molecule has 0 radical (unpaired) electrons. The Morgan fingerprint density at radius 2 is 1.56 bits per heavy atom. The van der Waals surface area contributed by atoms with Crippen molar-refractivity contribution in [1.29, 1.82) is 0 Å². The third-order valence-corrected chi connectivity index (χ3v) is 9.36. The largest absolute Gasteiger partial charge is 0.349 e. The molecule has 1 saturated heterocycles. The zero-order chi connectivity index (χ0) is 32.4. The Hall–Kier alpha value is -2.98. The van der Waals surface area contributed by atoms with Gasteiger partial charge in [0.15, 0.2) is 5.78 Å². The third kappa shape index (κ3) is 7.76. The van der Waals surface area contributed by atoms with Crippen molar-refractivity contribution in [3.05, 3.63) is 0 Å². The molecule has 1 aliphatic heterocycles. The Balaban J connectivity index is 1.80. The van der Waals surface area contributed by atoms with E-state index in [9.17, 15) is 28.8 Å². The molecule has 0 bridgehead atoms. The number of nitrogens with one attached hydrogen (secondary N) is 4. The maximum absolute atomic E-state index is 14.2. The van der Waals surface area contributed by atoms with Crippen molar-refractivity contribution < 1.29 is 28.8 Å².